The molecule has 2 atom stereocenters. The van der Waals surface area contributed by atoms with Crippen LogP contribution in [0, 0.1) is 5.92 Å². The minimum absolute atomic E-state index is 0.164. The van der Waals surface area contributed by atoms with E-state index in [1.807, 2.05) is 0 Å². The maximum atomic E-state index is 11.8. The molecule has 2 aromatic rings. The second kappa shape index (κ2) is 4.29. The zero-order chi connectivity index (χ0) is 12.6. The Balaban J connectivity index is 2.58. The zero-order valence-electron chi connectivity index (χ0n) is 10.3. The first-order valence-electron chi connectivity index (χ1n) is 5.72. The van der Waals surface area contributed by atoms with E-state index in [0.29, 0.717) is 17.4 Å². The fourth-order valence-corrected chi connectivity index (χ4v) is 1.72. The van der Waals surface area contributed by atoms with Gasteiger partial charge in [0.2, 0.25) is 5.65 Å². The van der Waals surface area contributed by atoms with E-state index in [1.54, 1.807) is 23.8 Å². The van der Waals surface area contributed by atoms with E-state index in [9.17, 15) is 4.79 Å². The van der Waals surface area contributed by atoms with Crippen LogP contribution in [-0.4, -0.2) is 19.2 Å². The number of rotatable bonds is 3. The molecule has 6 nitrogen and oxygen atoms in total. The van der Waals surface area contributed by atoms with E-state index in [1.165, 1.54) is 4.57 Å². The standard InChI is InChI=1S/C11H17N5O/c1-4-7(2)8(12)9-13-14-10-11(17)15(3)5-6-16(9)10/h5-8H,4,12H2,1-3H3/t7-,8-/m1/s1. The second-order valence-corrected chi connectivity index (χ2v) is 4.38. The number of aryl methyl sites for hydroxylation is 1. The summed E-state index contributed by atoms with van der Waals surface area (Å²) in [5.41, 5.74) is 6.27. The van der Waals surface area contributed by atoms with Crippen molar-refractivity contribution in [3.8, 4) is 0 Å². The molecule has 0 aliphatic rings. The largest absolute Gasteiger partial charge is 0.321 e. The average Bonchev–Trinajstić information content (AvgIpc) is 2.76. The van der Waals surface area contributed by atoms with Gasteiger partial charge in [-0.3, -0.25) is 9.20 Å². The molecule has 2 aromatic heterocycles. The van der Waals surface area contributed by atoms with E-state index >= 15 is 0 Å². The molecule has 0 bridgehead atoms. The summed E-state index contributed by atoms with van der Waals surface area (Å²) in [7, 11) is 1.69. The maximum Gasteiger partial charge on any atom is 0.295 e. The van der Waals surface area contributed by atoms with Gasteiger partial charge in [0.15, 0.2) is 5.82 Å². The summed E-state index contributed by atoms with van der Waals surface area (Å²) >= 11 is 0. The topological polar surface area (TPSA) is 78.2 Å². The van der Waals surface area contributed by atoms with Crippen molar-refractivity contribution >= 4 is 5.65 Å². The third kappa shape index (κ3) is 1.84. The van der Waals surface area contributed by atoms with Gasteiger partial charge >= 0.3 is 0 Å². The van der Waals surface area contributed by atoms with Crippen LogP contribution in [0.15, 0.2) is 17.2 Å². The molecule has 2 heterocycles. The summed E-state index contributed by atoms with van der Waals surface area (Å²) in [6.45, 7) is 4.14. The molecule has 2 rings (SSSR count). The van der Waals surface area contributed by atoms with Gasteiger partial charge in [-0.2, -0.15) is 0 Å². The Morgan fingerprint density at radius 3 is 2.76 bits per heavy atom. The van der Waals surface area contributed by atoms with Crippen LogP contribution in [0.2, 0.25) is 0 Å². The normalized spacial score (nSPS) is 15.1. The van der Waals surface area contributed by atoms with E-state index in [0.717, 1.165) is 6.42 Å². The fourth-order valence-electron chi connectivity index (χ4n) is 1.72. The molecular formula is C11H17N5O. The van der Waals surface area contributed by atoms with Gasteiger partial charge in [0.1, 0.15) is 0 Å². The molecule has 17 heavy (non-hydrogen) atoms. The Hall–Kier alpha value is -1.69. The van der Waals surface area contributed by atoms with Gasteiger partial charge in [0, 0.05) is 19.4 Å². The number of fused-ring (bicyclic) bond motifs is 1. The number of aromatic nitrogens is 4. The van der Waals surface area contributed by atoms with E-state index in [2.05, 4.69) is 24.0 Å². The van der Waals surface area contributed by atoms with E-state index in [-0.39, 0.29) is 11.6 Å². The summed E-state index contributed by atoms with van der Waals surface area (Å²) in [6.07, 6.45) is 4.42. The molecule has 0 unspecified atom stereocenters. The van der Waals surface area contributed by atoms with Gasteiger partial charge in [-0.05, 0) is 5.92 Å². The van der Waals surface area contributed by atoms with Gasteiger partial charge in [0.05, 0.1) is 6.04 Å². The third-order valence-electron chi connectivity index (χ3n) is 3.23. The Morgan fingerprint density at radius 2 is 2.12 bits per heavy atom. The highest BCUT2D eigenvalue weighted by Crippen LogP contribution is 2.19. The Kier molecular flexibility index (Phi) is 2.97. The number of hydrogen-bond donors (Lipinski definition) is 1. The highest BCUT2D eigenvalue weighted by molar-refractivity contribution is 5.35. The molecule has 0 aromatic carbocycles. The monoisotopic (exact) mass is 235 g/mol. The summed E-state index contributed by atoms with van der Waals surface area (Å²) in [4.78, 5) is 11.8. The van der Waals surface area contributed by atoms with Crippen LogP contribution >= 0.6 is 0 Å². The van der Waals surface area contributed by atoms with Crippen LogP contribution in [0.3, 0.4) is 0 Å². The molecular weight excluding hydrogens is 218 g/mol. The van der Waals surface area contributed by atoms with Gasteiger partial charge in [-0.1, -0.05) is 20.3 Å². The van der Waals surface area contributed by atoms with Gasteiger partial charge < -0.3 is 10.3 Å². The highest BCUT2D eigenvalue weighted by atomic mass is 16.1. The SMILES string of the molecule is CC[C@@H](C)[C@@H](N)c1nnc2c(=O)n(C)ccn12. The van der Waals surface area contributed by atoms with Crippen molar-refractivity contribution in [1.82, 2.24) is 19.2 Å². The minimum atomic E-state index is -0.206. The van der Waals surface area contributed by atoms with Crippen molar-refractivity contribution in [2.75, 3.05) is 0 Å². The molecule has 0 saturated heterocycles. The molecule has 0 fully saturated rings. The van der Waals surface area contributed by atoms with Gasteiger partial charge in [-0.25, -0.2) is 0 Å². The quantitative estimate of drug-likeness (QED) is 0.839. The second-order valence-electron chi connectivity index (χ2n) is 4.38. The first-order valence-corrected chi connectivity index (χ1v) is 5.72. The van der Waals surface area contributed by atoms with Crippen molar-refractivity contribution in [2.45, 2.75) is 26.3 Å². The Morgan fingerprint density at radius 1 is 1.41 bits per heavy atom. The van der Waals surface area contributed by atoms with Crippen molar-refractivity contribution in [3.05, 3.63) is 28.6 Å². The van der Waals surface area contributed by atoms with Crippen molar-refractivity contribution in [1.29, 1.82) is 0 Å². The predicted molar refractivity (Wildman–Crippen MR) is 64.6 cm³/mol. The van der Waals surface area contributed by atoms with Crippen LogP contribution in [-0.2, 0) is 7.05 Å². The Labute approximate surface area is 99.1 Å². The lowest BCUT2D eigenvalue weighted by Gasteiger charge is -2.16. The predicted octanol–water partition coefficient (Wildman–Crippen LogP) is 0.474. The van der Waals surface area contributed by atoms with Crippen molar-refractivity contribution in [3.63, 3.8) is 0 Å². The van der Waals surface area contributed by atoms with Gasteiger partial charge in [0.25, 0.3) is 5.56 Å². The summed E-state index contributed by atoms with van der Waals surface area (Å²) in [6, 6.07) is -0.206. The Bertz CT molecular complexity index is 585. The van der Waals surface area contributed by atoms with Crippen LogP contribution in [0.1, 0.15) is 32.1 Å². The van der Waals surface area contributed by atoms with Crippen LogP contribution in [0.25, 0.3) is 5.65 Å². The first-order chi connectivity index (χ1) is 8.06. The van der Waals surface area contributed by atoms with Crippen molar-refractivity contribution < 1.29 is 0 Å². The first kappa shape index (κ1) is 11.8. The number of nitrogens with two attached hydrogens (primary N) is 1. The number of nitrogens with zero attached hydrogens (tertiary/aromatic N) is 4. The molecule has 0 amide bonds. The number of hydrogen-bond acceptors (Lipinski definition) is 4. The van der Waals surface area contributed by atoms with Crippen LogP contribution < -0.4 is 11.3 Å². The summed E-state index contributed by atoms with van der Waals surface area (Å²) in [5, 5.41) is 7.96. The smallest absolute Gasteiger partial charge is 0.295 e. The molecule has 0 aliphatic heterocycles. The summed E-state index contributed by atoms with van der Waals surface area (Å²) < 4.78 is 3.15. The maximum absolute atomic E-state index is 11.8. The van der Waals surface area contributed by atoms with Crippen molar-refractivity contribution in [2.24, 2.45) is 18.7 Å². The fraction of sp³-hybridized carbons (Fsp3) is 0.545. The molecule has 0 spiro atoms. The van der Waals surface area contributed by atoms with Crippen LogP contribution in [0.4, 0.5) is 0 Å². The van der Waals surface area contributed by atoms with Gasteiger partial charge in [-0.15, -0.1) is 10.2 Å². The highest BCUT2D eigenvalue weighted by Gasteiger charge is 2.20. The zero-order valence-corrected chi connectivity index (χ0v) is 10.3. The lowest BCUT2D eigenvalue weighted by Crippen LogP contribution is -2.23. The molecule has 6 heteroatoms. The summed E-state index contributed by atoms with van der Waals surface area (Å²) in [5.74, 6) is 0.943. The molecule has 0 saturated carbocycles. The molecule has 2 N–H and O–H groups in total. The average molecular weight is 235 g/mol. The molecule has 92 valence electrons. The minimum Gasteiger partial charge on any atom is -0.321 e. The van der Waals surface area contributed by atoms with E-state index < -0.39 is 0 Å². The molecule has 0 radical (unpaired) electrons. The lowest BCUT2D eigenvalue weighted by molar-refractivity contribution is 0.436. The third-order valence-corrected chi connectivity index (χ3v) is 3.23. The van der Waals surface area contributed by atoms with Crippen LogP contribution in [0.5, 0.6) is 0 Å². The lowest BCUT2D eigenvalue weighted by atomic mass is 10.00. The molecule has 0 aliphatic carbocycles. The van der Waals surface area contributed by atoms with E-state index in [4.69, 9.17) is 5.73 Å².